The fourth-order valence-electron chi connectivity index (χ4n) is 8.29. The number of rotatable bonds is 6. The minimum atomic E-state index is 0.116. The lowest BCUT2D eigenvalue weighted by molar-refractivity contribution is 0.672. The van der Waals surface area contributed by atoms with Gasteiger partial charge < -0.3 is 8.98 Å². The zero-order valence-corrected chi connectivity index (χ0v) is 32.3. The van der Waals surface area contributed by atoms with Gasteiger partial charge in [0, 0.05) is 50.1 Å². The zero-order chi connectivity index (χ0) is 40.0. The number of hydrogen-bond donors (Lipinski definition) is 1. The number of furan rings is 1. The highest BCUT2D eigenvalue weighted by Crippen LogP contribution is 2.39. The Labute approximate surface area is 345 Å². The van der Waals surface area contributed by atoms with E-state index in [1.165, 1.54) is 10.8 Å². The summed E-state index contributed by atoms with van der Waals surface area (Å²) in [5.74, 6) is 0.537. The zero-order valence-electron chi connectivity index (χ0n) is 32.3. The van der Waals surface area contributed by atoms with Crippen LogP contribution in [0, 0.1) is 5.41 Å². The number of benzene rings is 8. The number of amidine groups is 2. The Bertz CT molecular complexity index is 3450. The van der Waals surface area contributed by atoms with Gasteiger partial charge in [-0.2, -0.15) is 0 Å². The smallest absolute Gasteiger partial charge is 0.161 e. The Balaban J connectivity index is 1.01. The summed E-state index contributed by atoms with van der Waals surface area (Å²) in [4.78, 5) is 15.1. The predicted octanol–water partition coefficient (Wildman–Crippen LogP) is 13.5. The van der Waals surface area contributed by atoms with E-state index in [2.05, 4.69) is 114 Å². The standard InChI is InChI=1S/C54H35N5O/c55-53(40-18-13-17-39(33-40)36-15-2-1-3-16-36)58-54(56-34-35-14-12-19-41(32-35)59-47-25-9-5-20-42(47)43-21-6-10-26-48(43)59)38-30-28-37(29-31-38)51-50-45-23-7-11-27-49(45)60-52(50)44-22-4-8-24-46(44)57-51/h1-34,55H. The van der Waals surface area contributed by atoms with Gasteiger partial charge >= 0.3 is 0 Å². The fourth-order valence-corrected chi connectivity index (χ4v) is 8.29. The number of para-hydroxylation sites is 4. The number of pyridine rings is 1. The van der Waals surface area contributed by atoms with Gasteiger partial charge in [-0.15, -0.1) is 0 Å². The molecule has 6 heteroatoms. The molecule has 8 aromatic carbocycles. The Morgan fingerprint density at radius 3 is 1.97 bits per heavy atom. The third-order valence-electron chi connectivity index (χ3n) is 11.1. The second-order valence-corrected chi connectivity index (χ2v) is 14.8. The number of nitrogens with zero attached hydrogens (tertiary/aromatic N) is 4. The van der Waals surface area contributed by atoms with E-state index in [9.17, 15) is 5.41 Å². The summed E-state index contributed by atoms with van der Waals surface area (Å²) in [6.45, 7) is 0. The molecular formula is C54H35N5O. The van der Waals surface area contributed by atoms with Crippen molar-refractivity contribution in [1.82, 2.24) is 9.55 Å². The molecule has 0 radical (unpaired) electrons. The molecule has 1 N–H and O–H groups in total. The van der Waals surface area contributed by atoms with Gasteiger partial charge in [0.1, 0.15) is 11.2 Å². The van der Waals surface area contributed by atoms with Crippen molar-refractivity contribution in [2.24, 2.45) is 9.98 Å². The summed E-state index contributed by atoms with van der Waals surface area (Å²) >= 11 is 0. The molecule has 6 nitrogen and oxygen atoms in total. The topological polar surface area (TPSA) is 79.5 Å². The van der Waals surface area contributed by atoms with Crippen LogP contribution in [-0.2, 0) is 0 Å². The monoisotopic (exact) mass is 769 g/mol. The van der Waals surface area contributed by atoms with Crippen LogP contribution in [0.2, 0.25) is 0 Å². The molecule has 0 unspecified atom stereocenters. The predicted molar refractivity (Wildman–Crippen MR) is 248 cm³/mol. The molecule has 0 fully saturated rings. The normalized spacial score (nSPS) is 12.1. The lowest BCUT2D eigenvalue weighted by atomic mass is 10.0. The Kier molecular flexibility index (Phi) is 8.52. The third-order valence-corrected chi connectivity index (χ3v) is 11.1. The molecule has 3 heterocycles. The van der Waals surface area contributed by atoms with E-state index < -0.39 is 0 Å². The number of aliphatic imine (C=N–C) groups is 2. The largest absolute Gasteiger partial charge is 0.455 e. The SMILES string of the molecule is N=C(N=C(N=Cc1cccc(-n2c3ccccc3c3ccccc32)c1)c1ccc(-c2nc3ccccc3c3oc4ccccc4c23)cc1)c1cccc(-c2ccccc2)c1. The number of aromatic nitrogens is 2. The van der Waals surface area contributed by atoms with Crippen LogP contribution in [0.25, 0.3) is 82.7 Å². The summed E-state index contributed by atoms with van der Waals surface area (Å²) in [5, 5.41) is 14.6. The Morgan fingerprint density at radius 2 is 1.18 bits per heavy atom. The first-order valence-corrected chi connectivity index (χ1v) is 19.9. The van der Waals surface area contributed by atoms with Crippen LogP contribution in [0.1, 0.15) is 16.7 Å². The highest BCUT2D eigenvalue weighted by atomic mass is 16.3. The molecule has 0 aliphatic heterocycles. The molecule has 0 aliphatic rings. The van der Waals surface area contributed by atoms with Gasteiger partial charge in [-0.3, -0.25) is 5.41 Å². The van der Waals surface area contributed by atoms with E-state index in [-0.39, 0.29) is 5.84 Å². The third kappa shape index (κ3) is 6.15. The average molecular weight is 770 g/mol. The second kappa shape index (κ2) is 14.6. The van der Waals surface area contributed by atoms with Crippen molar-refractivity contribution >= 4 is 72.5 Å². The van der Waals surface area contributed by atoms with Gasteiger partial charge in [0.2, 0.25) is 0 Å². The lowest BCUT2D eigenvalue weighted by Gasteiger charge is -2.10. The average Bonchev–Trinajstić information content (AvgIpc) is 3.87. The number of fused-ring (bicyclic) bond motifs is 8. The maximum absolute atomic E-state index is 9.25. The minimum absolute atomic E-state index is 0.116. The first-order chi connectivity index (χ1) is 29.7. The van der Waals surface area contributed by atoms with Crippen molar-refractivity contribution in [2.75, 3.05) is 0 Å². The molecule has 0 aliphatic carbocycles. The van der Waals surface area contributed by atoms with Gasteiger partial charge in [0.15, 0.2) is 11.7 Å². The van der Waals surface area contributed by atoms with E-state index in [1.807, 2.05) is 97.2 Å². The van der Waals surface area contributed by atoms with Crippen LogP contribution in [0.3, 0.4) is 0 Å². The molecular weight excluding hydrogens is 735 g/mol. The summed E-state index contributed by atoms with van der Waals surface area (Å²) in [5.41, 5.74) is 12.1. The van der Waals surface area contributed by atoms with Crippen molar-refractivity contribution in [1.29, 1.82) is 5.41 Å². The summed E-state index contributed by atoms with van der Waals surface area (Å²) < 4.78 is 8.75. The Hall–Kier alpha value is -8.22. The van der Waals surface area contributed by atoms with Gasteiger partial charge in [0.05, 0.1) is 27.6 Å². The molecule has 0 amide bonds. The highest BCUT2D eigenvalue weighted by molar-refractivity contribution is 6.19. The van der Waals surface area contributed by atoms with Crippen LogP contribution in [0.5, 0.6) is 0 Å². The minimum Gasteiger partial charge on any atom is -0.455 e. The van der Waals surface area contributed by atoms with Crippen molar-refractivity contribution < 1.29 is 4.42 Å². The van der Waals surface area contributed by atoms with Crippen LogP contribution in [0.4, 0.5) is 0 Å². The number of hydrogen-bond acceptors (Lipinski definition) is 3. The van der Waals surface area contributed by atoms with E-state index in [0.717, 1.165) is 83.1 Å². The Morgan fingerprint density at radius 1 is 0.533 bits per heavy atom. The second-order valence-electron chi connectivity index (χ2n) is 14.8. The molecule has 60 heavy (non-hydrogen) atoms. The maximum Gasteiger partial charge on any atom is 0.161 e. The van der Waals surface area contributed by atoms with E-state index >= 15 is 0 Å². The molecule has 11 rings (SSSR count). The van der Waals surface area contributed by atoms with E-state index in [0.29, 0.717) is 11.4 Å². The van der Waals surface area contributed by atoms with Crippen molar-refractivity contribution in [3.63, 3.8) is 0 Å². The maximum atomic E-state index is 9.25. The van der Waals surface area contributed by atoms with E-state index in [4.69, 9.17) is 19.4 Å². The summed E-state index contributed by atoms with van der Waals surface area (Å²) in [7, 11) is 0. The quantitative estimate of drug-likeness (QED) is 0.135. The molecule has 0 saturated carbocycles. The lowest BCUT2D eigenvalue weighted by Crippen LogP contribution is -2.05. The van der Waals surface area contributed by atoms with Gasteiger partial charge in [-0.05, 0) is 65.2 Å². The number of nitrogens with one attached hydrogen (secondary N) is 1. The van der Waals surface area contributed by atoms with Crippen LogP contribution < -0.4 is 0 Å². The molecule has 0 bridgehead atoms. The fraction of sp³-hybridized carbons (Fsp3) is 0. The summed E-state index contributed by atoms with van der Waals surface area (Å²) in [6.07, 6.45) is 1.84. The molecule has 0 spiro atoms. The molecule has 3 aromatic heterocycles. The van der Waals surface area contributed by atoms with Crippen molar-refractivity contribution in [2.45, 2.75) is 0 Å². The first-order valence-electron chi connectivity index (χ1n) is 19.9. The van der Waals surface area contributed by atoms with Crippen LogP contribution >= 0.6 is 0 Å². The van der Waals surface area contributed by atoms with Gasteiger partial charge in [-0.25, -0.2) is 15.0 Å². The molecule has 282 valence electrons. The summed E-state index contributed by atoms with van der Waals surface area (Å²) in [6, 6.07) is 67.9. The van der Waals surface area contributed by atoms with Crippen LogP contribution in [0.15, 0.2) is 215 Å². The first kappa shape index (κ1) is 35.0. The molecule has 0 atom stereocenters. The van der Waals surface area contributed by atoms with E-state index in [1.54, 1.807) is 0 Å². The molecule has 0 saturated heterocycles. The molecule has 11 aromatic rings. The van der Waals surface area contributed by atoms with Gasteiger partial charge in [-0.1, -0.05) is 152 Å². The van der Waals surface area contributed by atoms with Crippen LogP contribution in [-0.4, -0.2) is 27.4 Å². The van der Waals surface area contributed by atoms with Crippen molar-refractivity contribution in [3.05, 3.63) is 217 Å². The van der Waals surface area contributed by atoms with Gasteiger partial charge in [0.25, 0.3) is 0 Å². The highest BCUT2D eigenvalue weighted by Gasteiger charge is 2.18. The van der Waals surface area contributed by atoms with Crippen molar-refractivity contribution in [3.8, 4) is 28.1 Å².